The highest BCUT2D eigenvalue weighted by atomic mass is 35.5. The van der Waals surface area contributed by atoms with Crippen molar-refractivity contribution < 1.29 is 19.1 Å². The van der Waals surface area contributed by atoms with E-state index in [2.05, 4.69) is 10.1 Å². The number of rotatable bonds is 7. The highest BCUT2D eigenvalue weighted by molar-refractivity contribution is 6.30. The van der Waals surface area contributed by atoms with E-state index < -0.39 is 11.9 Å². The number of amides is 1. The minimum atomic E-state index is -0.438. The van der Waals surface area contributed by atoms with Crippen LogP contribution in [-0.4, -0.2) is 25.6 Å². The molecule has 0 heterocycles. The zero-order chi connectivity index (χ0) is 18.2. The number of hydrogen-bond donors (Lipinski definition) is 3. The molecule has 0 saturated heterocycles. The van der Waals surface area contributed by atoms with Crippen molar-refractivity contribution in [3.05, 3.63) is 58.6 Å². The third kappa shape index (κ3) is 5.37. The lowest BCUT2D eigenvalue weighted by atomic mass is 10.1. The van der Waals surface area contributed by atoms with Crippen molar-refractivity contribution in [3.8, 4) is 5.75 Å². The Kier molecular flexibility index (Phi) is 6.62. The van der Waals surface area contributed by atoms with Crippen LogP contribution in [0.2, 0.25) is 5.02 Å². The largest absolute Gasteiger partial charge is 0.483 e. The number of halogens is 1. The summed E-state index contributed by atoms with van der Waals surface area (Å²) in [5.74, 6) is 4.72. The van der Waals surface area contributed by atoms with Gasteiger partial charge in [-0.05, 0) is 42.5 Å². The van der Waals surface area contributed by atoms with Crippen molar-refractivity contribution in [2.24, 2.45) is 5.84 Å². The molecule has 0 aliphatic rings. The molecule has 1 amide bonds. The van der Waals surface area contributed by atoms with Crippen molar-refractivity contribution >= 4 is 29.2 Å². The van der Waals surface area contributed by atoms with Gasteiger partial charge in [0.05, 0.1) is 12.7 Å². The van der Waals surface area contributed by atoms with Gasteiger partial charge in [0.2, 0.25) is 0 Å². The van der Waals surface area contributed by atoms with Crippen LogP contribution >= 0.6 is 11.6 Å². The van der Waals surface area contributed by atoms with Crippen LogP contribution in [-0.2, 0) is 16.1 Å². The van der Waals surface area contributed by atoms with E-state index in [4.69, 9.17) is 22.2 Å². The second-order valence-corrected chi connectivity index (χ2v) is 5.47. The topological polar surface area (TPSA) is 103 Å². The number of carbonyl (C=O) groups is 2. The first-order valence-electron chi connectivity index (χ1n) is 7.36. The van der Waals surface area contributed by atoms with Crippen LogP contribution < -0.4 is 21.3 Å². The molecule has 0 bridgehead atoms. The smallest absolute Gasteiger partial charge is 0.337 e. The predicted molar refractivity (Wildman–Crippen MR) is 94.4 cm³/mol. The van der Waals surface area contributed by atoms with Gasteiger partial charge in [-0.1, -0.05) is 11.6 Å². The lowest BCUT2D eigenvalue weighted by Gasteiger charge is -2.13. The zero-order valence-corrected chi connectivity index (χ0v) is 14.3. The molecule has 132 valence electrons. The Hall–Kier alpha value is -2.77. The number of esters is 1. The van der Waals surface area contributed by atoms with Gasteiger partial charge in [0.1, 0.15) is 5.75 Å². The van der Waals surface area contributed by atoms with Crippen LogP contribution in [0, 0.1) is 0 Å². The van der Waals surface area contributed by atoms with Gasteiger partial charge in [-0.3, -0.25) is 10.2 Å². The normalized spacial score (nSPS) is 10.0. The molecule has 0 spiro atoms. The molecule has 2 aromatic carbocycles. The molecule has 0 unspecified atom stereocenters. The summed E-state index contributed by atoms with van der Waals surface area (Å²) in [6.07, 6.45) is 0. The third-order valence-corrected chi connectivity index (χ3v) is 3.57. The molecular weight excluding hydrogens is 346 g/mol. The van der Waals surface area contributed by atoms with E-state index in [1.165, 1.54) is 7.11 Å². The number of nitrogens with two attached hydrogens (primary N) is 1. The summed E-state index contributed by atoms with van der Waals surface area (Å²) in [6, 6.07) is 11.9. The van der Waals surface area contributed by atoms with Gasteiger partial charge in [0.25, 0.3) is 5.91 Å². The molecule has 0 aliphatic heterocycles. The summed E-state index contributed by atoms with van der Waals surface area (Å²) in [6.45, 7) is 0.219. The lowest BCUT2D eigenvalue weighted by molar-refractivity contribution is -0.123. The number of methoxy groups -OCH3 is 1. The van der Waals surface area contributed by atoms with E-state index in [0.717, 1.165) is 11.3 Å². The minimum Gasteiger partial charge on any atom is -0.483 e. The number of ether oxygens (including phenoxy) is 2. The Balaban J connectivity index is 2.05. The molecule has 2 aromatic rings. The van der Waals surface area contributed by atoms with Gasteiger partial charge < -0.3 is 14.8 Å². The van der Waals surface area contributed by atoms with Crippen LogP contribution in [0.3, 0.4) is 0 Å². The Morgan fingerprint density at radius 2 is 1.88 bits per heavy atom. The van der Waals surface area contributed by atoms with Gasteiger partial charge >= 0.3 is 5.97 Å². The third-order valence-electron chi connectivity index (χ3n) is 3.33. The van der Waals surface area contributed by atoms with E-state index in [-0.39, 0.29) is 6.61 Å². The summed E-state index contributed by atoms with van der Waals surface area (Å²) < 4.78 is 10.1. The maximum absolute atomic E-state index is 11.4. The average molecular weight is 364 g/mol. The number of anilines is 1. The maximum atomic E-state index is 11.4. The first-order valence-corrected chi connectivity index (χ1v) is 7.74. The standard InChI is InChI=1S/C17H18ClN3O4/c1-24-17(23)11-2-5-14(6-3-11)20-9-12-8-13(18)4-7-15(12)25-10-16(22)21-19/h2-8,20H,9-10,19H2,1H3,(H,21,22). The quantitative estimate of drug-likeness (QED) is 0.301. The van der Waals surface area contributed by atoms with Gasteiger partial charge in [0.15, 0.2) is 6.61 Å². The first-order chi connectivity index (χ1) is 12.0. The summed E-state index contributed by atoms with van der Waals surface area (Å²) in [5.41, 5.74) is 4.04. The highest BCUT2D eigenvalue weighted by Crippen LogP contribution is 2.24. The summed E-state index contributed by atoms with van der Waals surface area (Å²) in [7, 11) is 1.33. The lowest BCUT2D eigenvalue weighted by Crippen LogP contribution is -2.34. The van der Waals surface area contributed by atoms with Crippen LogP contribution in [0.1, 0.15) is 15.9 Å². The predicted octanol–water partition coefficient (Wildman–Crippen LogP) is 2.11. The monoisotopic (exact) mass is 363 g/mol. The van der Waals surface area contributed by atoms with Crippen molar-refractivity contribution in [2.45, 2.75) is 6.54 Å². The fourth-order valence-corrected chi connectivity index (χ4v) is 2.25. The van der Waals surface area contributed by atoms with Crippen LogP contribution in [0.15, 0.2) is 42.5 Å². The highest BCUT2D eigenvalue weighted by Gasteiger charge is 2.08. The molecule has 4 N–H and O–H groups in total. The number of carbonyl (C=O) groups excluding carboxylic acids is 2. The number of hydrogen-bond acceptors (Lipinski definition) is 6. The minimum absolute atomic E-state index is 0.195. The van der Waals surface area contributed by atoms with Gasteiger partial charge in [-0.25, -0.2) is 10.6 Å². The van der Waals surface area contributed by atoms with E-state index in [1.54, 1.807) is 42.5 Å². The summed E-state index contributed by atoms with van der Waals surface area (Å²) >= 11 is 6.03. The van der Waals surface area contributed by atoms with Crippen LogP contribution in [0.5, 0.6) is 5.75 Å². The maximum Gasteiger partial charge on any atom is 0.337 e. The molecular formula is C17H18ClN3O4. The summed E-state index contributed by atoms with van der Waals surface area (Å²) in [4.78, 5) is 22.6. The van der Waals surface area contributed by atoms with Crippen molar-refractivity contribution in [3.63, 3.8) is 0 Å². The Labute approximate surface area is 150 Å². The summed E-state index contributed by atoms with van der Waals surface area (Å²) in [5, 5.41) is 3.75. The molecule has 0 saturated carbocycles. The van der Waals surface area contributed by atoms with E-state index in [1.807, 2.05) is 5.43 Å². The fourth-order valence-electron chi connectivity index (χ4n) is 2.05. The molecule has 25 heavy (non-hydrogen) atoms. The zero-order valence-electron chi connectivity index (χ0n) is 13.5. The van der Waals surface area contributed by atoms with Crippen molar-refractivity contribution in [1.29, 1.82) is 0 Å². The van der Waals surface area contributed by atoms with Gasteiger partial charge in [0, 0.05) is 22.8 Å². The Bertz CT molecular complexity index is 750. The van der Waals surface area contributed by atoms with E-state index in [9.17, 15) is 9.59 Å². The number of hydrazine groups is 1. The number of nitrogens with one attached hydrogen (secondary N) is 2. The SMILES string of the molecule is COC(=O)c1ccc(NCc2cc(Cl)ccc2OCC(=O)NN)cc1. The fraction of sp³-hybridized carbons (Fsp3) is 0.176. The van der Waals surface area contributed by atoms with Crippen LogP contribution in [0.4, 0.5) is 5.69 Å². The molecule has 8 heteroatoms. The molecule has 0 atom stereocenters. The second-order valence-electron chi connectivity index (χ2n) is 5.03. The number of benzene rings is 2. The van der Waals surface area contributed by atoms with Crippen molar-refractivity contribution in [1.82, 2.24) is 5.43 Å². The van der Waals surface area contributed by atoms with E-state index >= 15 is 0 Å². The Morgan fingerprint density at radius 3 is 2.52 bits per heavy atom. The molecule has 0 aromatic heterocycles. The van der Waals surface area contributed by atoms with Crippen LogP contribution in [0.25, 0.3) is 0 Å². The molecule has 2 rings (SSSR count). The van der Waals surface area contributed by atoms with E-state index in [0.29, 0.717) is 22.9 Å². The first kappa shape index (κ1) is 18.6. The molecule has 7 nitrogen and oxygen atoms in total. The Morgan fingerprint density at radius 1 is 1.16 bits per heavy atom. The second kappa shape index (κ2) is 8.91. The van der Waals surface area contributed by atoms with Gasteiger partial charge in [-0.2, -0.15) is 0 Å². The van der Waals surface area contributed by atoms with Gasteiger partial charge in [-0.15, -0.1) is 0 Å². The molecule has 0 fully saturated rings. The average Bonchev–Trinajstić information content (AvgIpc) is 2.65. The van der Waals surface area contributed by atoms with Crippen molar-refractivity contribution in [2.75, 3.05) is 19.0 Å². The molecule has 0 radical (unpaired) electrons. The molecule has 0 aliphatic carbocycles.